The second kappa shape index (κ2) is 6.57. The van der Waals surface area contributed by atoms with E-state index in [9.17, 15) is 0 Å². The molecule has 0 bridgehead atoms. The predicted octanol–water partition coefficient (Wildman–Crippen LogP) is 5.95. The molecule has 1 heterocycles. The van der Waals surface area contributed by atoms with Gasteiger partial charge in [0.05, 0.1) is 0 Å². The molecule has 2 nitrogen and oxygen atoms in total. The largest absolute Gasteiger partial charge is 0.436 e. The van der Waals surface area contributed by atoms with Crippen molar-refractivity contribution in [3.8, 4) is 11.5 Å². The van der Waals surface area contributed by atoms with Gasteiger partial charge in [-0.05, 0) is 48.2 Å². The first-order chi connectivity index (χ1) is 10.1. The van der Waals surface area contributed by atoms with Crippen LogP contribution in [0.25, 0.3) is 22.6 Å². The second-order valence-electron chi connectivity index (χ2n) is 5.27. The van der Waals surface area contributed by atoms with Crippen LogP contribution in [0.2, 0.25) is 0 Å². The van der Waals surface area contributed by atoms with Crippen molar-refractivity contribution >= 4 is 11.1 Å². The zero-order valence-corrected chi connectivity index (χ0v) is 13.5. The molecule has 0 aliphatic carbocycles. The molecule has 0 amide bonds. The van der Waals surface area contributed by atoms with E-state index in [4.69, 9.17) is 4.42 Å². The molecule has 0 aliphatic heterocycles. The van der Waals surface area contributed by atoms with Gasteiger partial charge in [0, 0.05) is 5.56 Å². The Morgan fingerprint density at radius 2 is 1.62 bits per heavy atom. The summed E-state index contributed by atoms with van der Waals surface area (Å²) in [5, 5.41) is 0. The third kappa shape index (κ3) is 3.33. The van der Waals surface area contributed by atoms with E-state index >= 15 is 0 Å². The molecule has 2 aromatic carbocycles. The van der Waals surface area contributed by atoms with Crippen molar-refractivity contribution in [2.75, 3.05) is 0 Å². The average Bonchev–Trinajstić information content (AvgIpc) is 2.92. The quantitative estimate of drug-likeness (QED) is 0.580. The fourth-order valence-corrected chi connectivity index (χ4v) is 2.17. The van der Waals surface area contributed by atoms with Crippen molar-refractivity contribution < 1.29 is 4.42 Å². The number of hydrogen-bond acceptors (Lipinski definition) is 2. The van der Waals surface area contributed by atoms with E-state index in [2.05, 4.69) is 56.1 Å². The first-order valence-electron chi connectivity index (χ1n) is 7.61. The molecule has 3 aromatic rings. The maximum Gasteiger partial charge on any atom is 0.227 e. The molecule has 0 atom stereocenters. The van der Waals surface area contributed by atoms with Gasteiger partial charge in [0.25, 0.3) is 0 Å². The fourth-order valence-electron chi connectivity index (χ4n) is 2.17. The Hall–Kier alpha value is -2.09. The molecular formula is C19H23NO. The number of aromatic nitrogens is 1. The minimum Gasteiger partial charge on any atom is -0.436 e. The third-order valence-electron chi connectivity index (χ3n) is 3.37. The maximum absolute atomic E-state index is 5.82. The summed E-state index contributed by atoms with van der Waals surface area (Å²) in [5.74, 6) is 1.23. The number of benzene rings is 2. The van der Waals surface area contributed by atoms with Gasteiger partial charge in [0.2, 0.25) is 5.89 Å². The molecule has 0 saturated heterocycles. The van der Waals surface area contributed by atoms with Crippen molar-refractivity contribution in [3.05, 3.63) is 53.6 Å². The monoisotopic (exact) mass is 281 g/mol. The summed E-state index contributed by atoms with van der Waals surface area (Å²) in [6.07, 6.45) is 0. The van der Waals surface area contributed by atoms with Crippen LogP contribution in [0.3, 0.4) is 0 Å². The summed E-state index contributed by atoms with van der Waals surface area (Å²) in [6.45, 7) is 10.4. The van der Waals surface area contributed by atoms with Gasteiger partial charge in [-0.1, -0.05) is 45.9 Å². The van der Waals surface area contributed by atoms with E-state index < -0.39 is 0 Å². The fraction of sp³-hybridized carbons (Fsp3) is 0.316. The second-order valence-corrected chi connectivity index (χ2v) is 5.27. The van der Waals surface area contributed by atoms with Crippen LogP contribution in [0.15, 0.2) is 46.9 Å². The van der Waals surface area contributed by atoms with Crippen LogP contribution in [-0.2, 0) is 0 Å². The number of hydrogen-bond donors (Lipinski definition) is 0. The molecule has 0 radical (unpaired) electrons. The number of oxazole rings is 1. The van der Waals surface area contributed by atoms with Crippen molar-refractivity contribution in [2.24, 2.45) is 0 Å². The molecule has 0 fully saturated rings. The zero-order valence-electron chi connectivity index (χ0n) is 13.5. The normalized spacial score (nSPS) is 10.6. The lowest BCUT2D eigenvalue weighted by Gasteiger charge is -2.04. The first-order valence-corrected chi connectivity index (χ1v) is 7.61. The summed E-state index contributed by atoms with van der Waals surface area (Å²) in [6, 6.07) is 14.5. The number of rotatable bonds is 2. The van der Waals surface area contributed by atoms with E-state index in [1.54, 1.807) is 0 Å². The molecular weight excluding hydrogens is 258 g/mol. The molecule has 0 N–H and O–H groups in total. The third-order valence-corrected chi connectivity index (χ3v) is 3.37. The van der Waals surface area contributed by atoms with Crippen LogP contribution >= 0.6 is 0 Å². The van der Waals surface area contributed by atoms with E-state index in [1.807, 2.05) is 26.0 Å². The Labute approximate surface area is 126 Å². The first kappa shape index (κ1) is 15.3. The van der Waals surface area contributed by atoms with Crippen LogP contribution in [-0.4, -0.2) is 4.98 Å². The minimum atomic E-state index is 0.542. The average molecular weight is 281 g/mol. The van der Waals surface area contributed by atoms with Gasteiger partial charge in [-0.3, -0.25) is 0 Å². The number of nitrogens with zero attached hydrogens (tertiary/aromatic N) is 1. The molecule has 1 aromatic heterocycles. The number of fused-ring (bicyclic) bond motifs is 1. The summed E-state index contributed by atoms with van der Waals surface area (Å²) < 4.78 is 5.82. The highest BCUT2D eigenvalue weighted by atomic mass is 16.3. The highest BCUT2D eigenvalue weighted by Gasteiger charge is 2.08. The van der Waals surface area contributed by atoms with Gasteiger partial charge in [-0.2, -0.15) is 0 Å². The van der Waals surface area contributed by atoms with Crippen molar-refractivity contribution in [1.29, 1.82) is 0 Å². The zero-order chi connectivity index (χ0) is 15.4. The Bertz CT molecular complexity index is 708. The van der Waals surface area contributed by atoms with E-state index in [1.165, 1.54) is 11.1 Å². The Balaban J connectivity index is 0.000000774. The Morgan fingerprint density at radius 3 is 2.24 bits per heavy atom. The van der Waals surface area contributed by atoms with Crippen LogP contribution < -0.4 is 0 Å². The molecule has 21 heavy (non-hydrogen) atoms. The smallest absolute Gasteiger partial charge is 0.227 e. The van der Waals surface area contributed by atoms with Gasteiger partial charge < -0.3 is 4.42 Å². The van der Waals surface area contributed by atoms with Gasteiger partial charge in [-0.25, -0.2) is 4.98 Å². The van der Waals surface area contributed by atoms with Gasteiger partial charge in [0.1, 0.15) is 5.52 Å². The molecule has 3 rings (SSSR count). The lowest BCUT2D eigenvalue weighted by atomic mass is 10.0. The molecule has 0 unspecified atom stereocenters. The maximum atomic E-state index is 5.82. The number of aryl methyl sites for hydroxylation is 1. The summed E-state index contributed by atoms with van der Waals surface area (Å²) in [7, 11) is 0. The SMILES string of the molecule is CC.Cc1ccc2nc(-c3ccc(C(C)C)cc3)oc2c1. The predicted molar refractivity (Wildman–Crippen MR) is 89.6 cm³/mol. The summed E-state index contributed by atoms with van der Waals surface area (Å²) >= 11 is 0. The Kier molecular flexibility index (Phi) is 4.79. The Morgan fingerprint density at radius 1 is 0.952 bits per heavy atom. The van der Waals surface area contributed by atoms with Crippen LogP contribution in [0.1, 0.15) is 44.7 Å². The summed E-state index contributed by atoms with van der Waals surface area (Å²) in [4.78, 5) is 4.53. The van der Waals surface area contributed by atoms with E-state index in [-0.39, 0.29) is 0 Å². The lowest BCUT2D eigenvalue weighted by Crippen LogP contribution is -1.86. The van der Waals surface area contributed by atoms with Crippen molar-refractivity contribution in [1.82, 2.24) is 4.98 Å². The standard InChI is InChI=1S/C17H17NO.C2H6/c1-11(2)13-5-7-14(8-6-13)17-18-15-9-4-12(3)10-16(15)19-17;1-2/h4-11H,1-3H3;1-2H3. The van der Waals surface area contributed by atoms with Crippen LogP contribution in [0, 0.1) is 6.92 Å². The molecule has 0 spiro atoms. The highest BCUT2D eigenvalue weighted by Crippen LogP contribution is 2.26. The van der Waals surface area contributed by atoms with Gasteiger partial charge in [0.15, 0.2) is 5.58 Å². The van der Waals surface area contributed by atoms with Crippen molar-refractivity contribution in [3.63, 3.8) is 0 Å². The minimum absolute atomic E-state index is 0.542. The lowest BCUT2D eigenvalue weighted by molar-refractivity contribution is 0.619. The topological polar surface area (TPSA) is 26.0 Å². The molecule has 110 valence electrons. The highest BCUT2D eigenvalue weighted by molar-refractivity contribution is 5.76. The molecule has 2 heteroatoms. The van der Waals surface area contributed by atoms with Crippen molar-refractivity contribution in [2.45, 2.75) is 40.5 Å². The van der Waals surface area contributed by atoms with E-state index in [0.29, 0.717) is 11.8 Å². The van der Waals surface area contributed by atoms with Gasteiger partial charge >= 0.3 is 0 Å². The van der Waals surface area contributed by atoms with Crippen LogP contribution in [0.4, 0.5) is 0 Å². The van der Waals surface area contributed by atoms with Crippen LogP contribution in [0.5, 0.6) is 0 Å². The summed E-state index contributed by atoms with van der Waals surface area (Å²) in [5.41, 5.74) is 5.30. The van der Waals surface area contributed by atoms with E-state index in [0.717, 1.165) is 16.7 Å². The molecule has 0 aliphatic rings. The molecule has 0 saturated carbocycles. The van der Waals surface area contributed by atoms with Gasteiger partial charge in [-0.15, -0.1) is 0 Å².